The minimum absolute atomic E-state index is 0.0892. The van der Waals surface area contributed by atoms with Gasteiger partial charge >= 0.3 is 0 Å². The summed E-state index contributed by atoms with van der Waals surface area (Å²) < 4.78 is 2.88. The molecule has 0 atom stereocenters. The van der Waals surface area contributed by atoms with Crippen LogP contribution in [0.15, 0.2) is 35.4 Å². The van der Waals surface area contributed by atoms with Gasteiger partial charge in [-0.25, -0.2) is 4.98 Å². The van der Waals surface area contributed by atoms with Crippen LogP contribution in [0.1, 0.15) is 23.3 Å². The number of aromatic nitrogens is 3. The Labute approximate surface area is 160 Å². The molecule has 8 heteroatoms. The van der Waals surface area contributed by atoms with Crippen LogP contribution in [0.4, 0.5) is 5.13 Å². The number of hydrogen-bond donors (Lipinski definition) is 1. The molecule has 0 saturated carbocycles. The van der Waals surface area contributed by atoms with Gasteiger partial charge in [-0.15, -0.1) is 11.8 Å². The van der Waals surface area contributed by atoms with E-state index in [4.69, 9.17) is 4.98 Å². The molecule has 1 amide bonds. The molecule has 0 bridgehead atoms. The van der Waals surface area contributed by atoms with Gasteiger partial charge < -0.3 is 10.2 Å². The van der Waals surface area contributed by atoms with Gasteiger partial charge in [-0.3, -0.25) is 9.48 Å². The summed E-state index contributed by atoms with van der Waals surface area (Å²) in [6.45, 7) is 1.81. The second kappa shape index (κ2) is 7.28. The number of aryl methyl sites for hydroxylation is 1. The van der Waals surface area contributed by atoms with Gasteiger partial charge in [0, 0.05) is 37.3 Å². The summed E-state index contributed by atoms with van der Waals surface area (Å²) in [4.78, 5) is 20.6. The van der Waals surface area contributed by atoms with Crippen molar-refractivity contribution in [2.24, 2.45) is 7.05 Å². The molecule has 0 unspecified atom stereocenters. The van der Waals surface area contributed by atoms with E-state index < -0.39 is 0 Å². The van der Waals surface area contributed by atoms with Crippen molar-refractivity contribution >= 4 is 44.4 Å². The third kappa shape index (κ3) is 3.57. The molecule has 1 saturated heterocycles. The molecule has 1 N–H and O–H groups in total. The maximum Gasteiger partial charge on any atom is 0.271 e. The number of benzene rings is 1. The van der Waals surface area contributed by atoms with Gasteiger partial charge in [-0.2, -0.15) is 5.10 Å². The molecule has 1 aromatic carbocycles. The molecule has 1 fully saturated rings. The molecule has 1 aliphatic rings. The van der Waals surface area contributed by atoms with Crippen LogP contribution in [-0.4, -0.2) is 46.1 Å². The van der Waals surface area contributed by atoms with Crippen LogP contribution in [0.25, 0.3) is 10.2 Å². The Balaban J connectivity index is 1.38. The summed E-state index contributed by atoms with van der Waals surface area (Å²) in [6.07, 6.45) is 5.72. The standard InChI is InChI=1S/C18H21N5OS2/c1-22-8-7-15(21-22)17(24)19-12-5-9-23(10-6-12)18-20-14-4-3-13(25-2)11-16(14)26-18/h3-4,7-8,11-12H,5-6,9-10H2,1-2H3,(H,19,24). The number of hydrogen-bond acceptors (Lipinski definition) is 6. The highest BCUT2D eigenvalue weighted by Gasteiger charge is 2.23. The number of anilines is 1. The molecule has 0 spiro atoms. The fraction of sp³-hybridized carbons (Fsp3) is 0.389. The number of nitrogens with one attached hydrogen (secondary N) is 1. The number of carbonyl (C=O) groups is 1. The Hall–Kier alpha value is -2.06. The third-order valence-corrected chi connectivity index (χ3v) is 6.44. The van der Waals surface area contributed by atoms with E-state index in [1.165, 1.54) is 9.60 Å². The van der Waals surface area contributed by atoms with Crippen LogP contribution in [0.2, 0.25) is 0 Å². The number of fused-ring (bicyclic) bond motifs is 1. The zero-order valence-electron chi connectivity index (χ0n) is 14.8. The van der Waals surface area contributed by atoms with Gasteiger partial charge in [0.25, 0.3) is 5.91 Å². The van der Waals surface area contributed by atoms with Crippen molar-refractivity contribution in [3.63, 3.8) is 0 Å². The Morgan fingerprint density at radius 2 is 2.12 bits per heavy atom. The number of amides is 1. The number of piperidine rings is 1. The molecule has 26 heavy (non-hydrogen) atoms. The summed E-state index contributed by atoms with van der Waals surface area (Å²) >= 11 is 3.50. The predicted octanol–water partition coefficient (Wildman–Crippen LogP) is 3.15. The van der Waals surface area contributed by atoms with E-state index >= 15 is 0 Å². The summed E-state index contributed by atoms with van der Waals surface area (Å²) in [5.74, 6) is -0.0892. The van der Waals surface area contributed by atoms with Gasteiger partial charge in [0.05, 0.1) is 10.2 Å². The highest BCUT2D eigenvalue weighted by Crippen LogP contribution is 2.32. The van der Waals surface area contributed by atoms with Crippen LogP contribution in [0.3, 0.4) is 0 Å². The highest BCUT2D eigenvalue weighted by atomic mass is 32.2. The maximum atomic E-state index is 12.2. The van der Waals surface area contributed by atoms with Crippen LogP contribution in [-0.2, 0) is 7.05 Å². The van der Waals surface area contributed by atoms with E-state index in [1.54, 1.807) is 40.0 Å². The first-order valence-electron chi connectivity index (χ1n) is 8.62. The SMILES string of the molecule is CSc1ccc2nc(N3CCC(NC(=O)c4ccn(C)n4)CC3)sc2c1. The second-order valence-electron chi connectivity index (χ2n) is 6.44. The van der Waals surface area contributed by atoms with Crippen molar-refractivity contribution in [1.82, 2.24) is 20.1 Å². The topological polar surface area (TPSA) is 63.1 Å². The van der Waals surface area contributed by atoms with E-state index in [0.717, 1.165) is 36.6 Å². The van der Waals surface area contributed by atoms with Crippen LogP contribution >= 0.6 is 23.1 Å². The minimum Gasteiger partial charge on any atom is -0.348 e. The van der Waals surface area contributed by atoms with Crippen molar-refractivity contribution < 1.29 is 4.79 Å². The van der Waals surface area contributed by atoms with Gasteiger partial charge in [0.1, 0.15) is 5.69 Å². The molecule has 0 radical (unpaired) electrons. The first-order valence-corrected chi connectivity index (χ1v) is 10.7. The normalized spacial score (nSPS) is 15.5. The molecule has 4 rings (SSSR count). The van der Waals surface area contributed by atoms with Gasteiger partial charge in [-0.05, 0) is 43.4 Å². The first kappa shape index (κ1) is 17.4. The summed E-state index contributed by atoms with van der Waals surface area (Å²) in [7, 11) is 1.81. The molecule has 2 aromatic heterocycles. The molecular weight excluding hydrogens is 366 g/mol. The molecule has 0 aliphatic carbocycles. The minimum atomic E-state index is -0.0892. The van der Waals surface area contributed by atoms with E-state index in [0.29, 0.717) is 5.69 Å². The monoisotopic (exact) mass is 387 g/mol. The lowest BCUT2D eigenvalue weighted by atomic mass is 10.1. The number of thioether (sulfide) groups is 1. The van der Waals surface area contributed by atoms with Crippen LogP contribution in [0, 0.1) is 0 Å². The number of nitrogens with zero attached hydrogens (tertiary/aromatic N) is 4. The fourth-order valence-electron chi connectivity index (χ4n) is 3.17. The van der Waals surface area contributed by atoms with E-state index in [1.807, 2.05) is 7.05 Å². The molecule has 1 aliphatic heterocycles. The zero-order valence-corrected chi connectivity index (χ0v) is 16.4. The Morgan fingerprint density at radius 3 is 2.81 bits per heavy atom. The summed E-state index contributed by atoms with van der Waals surface area (Å²) in [5, 5.41) is 8.34. The lowest BCUT2D eigenvalue weighted by molar-refractivity contribution is 0.0925. The van der Waals surface area contributed by atoms with Gasteiger partial charge in [-0.1, -0.05) is 11.3 Å². The largest absolute Gasteiger partial charge is 0.348 e. The molecule has 3 aromatic rings. The Bertz CT molecular complexity index is 927. The lowest BCUT2D eigenvalue weighted by Gasteiger charge is -2.31. The van der Waals surface area contributed by atoms with Crippen LogP contribution < -0.4 is 10.2 Å². The number of rotatable bonds is 4. The molecule has 136 valence electrons. The van der Waals surface area contributed by atoms with Crippen molar-refractivity contribution in [2.45, 2.75) is 23.8 Å². The maximum absolute atomic E-state index is 12.2. The van der Waals surface area contributed by atoms with Crippen LogP contribution in [0.5, 0.6) is 0 Å². The van der Waals surface area contributed by atoms with Crippen molar-refractivity contribution in [1.29, 1.82) is 0 Å². The molecule has 6 nitrogen and oxygen atoms in total. The van der Waals surface area contributed by atoms with Gasteiger partial charge in [0.2, 0.25) is 0 Å². The molecular formula is C18H21N5OS2. The van der Waals surface area contributed by atoms with Crippen molar-refractivity contribution in [2.75, 3.05) is 24.2 Å². The number of carbonyl (C=O) groups excluding carboxylic acids is 1. The Kier molecular flexibility index (Phi) is 4.86. The third-order valence-electron chi connectivity index (χ3n) is 4.63. The van der Waals surface area contributed by atoms with Crippen molar-refractivity contribution in [3.8, 4) is 0 Å². The quantitative estimate of drug-likeness (QED) is 0.697. The fourth-order valence-corrected chi connectivity index (χ4v) is 4.74. The smallest absolute Gasteiger partial charge is 0.271 e. The van der Waals surface area contributed by atoms with Gasteiger partial charge in [0.15, 0.2) is 5.13 Å². The average Bonchev–Trinajstić information content (AvgIpc) is 3.27. The van der Waals surface area contributed by atoms with E-state index in [9.17, 15) is 4.79 Å². The average molecular weight is 388 g/mol. The van der Waals surface area contributed by atoms with Crippen molar-refractivity contribution in [3.05, 3.63) is 36.2 Å². The molecule has 3 heterocycles. The lowest BCUT2D eigenvalue weighted by Crippen LogP contribution is -2.44. The number of thiazole rings is 1. The second-order valence-corrected chi connectivity index (χ2v) is 8.33. The Morgan fingerprint density at radius 1 is 1.31 bits per heavy atom. The van der Waals surface area contributed by atoms with E-state index in [2.05, 4.69) is 39.8 Å². The first-order chi connectivity index (χ1) is 12.6. The summed E-state index contributed by atoms with van der Waals surface area (Å²) in [6, 6.07) is 8.37. The van der Waals surface area contributed by atoms with E-state index in [-0.39, 0.29) is 11.9 Å². The highest BCUT2D eigenvalue weighted by molar-refractivity contribution is 7.98. The summed E-state index contributed by atoms with van der Waals surface area (Å²) in [5.41, 5.74) is 1.54. The zero-order chi connectivity index (χ0) is 18.1. The predicted molar refractivity (Wildman–Crippen MR) is 107 cm³/mol.